The van der Waals surface area contributed by atoms with Crippen LogP contribution in [0.4, 0.5) is 5.69 Å². The van der Waals surface area contributed by atoms with Crippen molar-refractivity contribution in [3.63, 3.8) is 0 Å². The minimum atomic E-state index is -0.721. The van der Waals surface area contributed by atoms with Crippen LogP contribution in [0.3, 0.4) is 0 Å². The van der Waals surface area contributed by atoms with Crippen molar-refractivity contribution in [3.05, 3.63) is 12.4 Å². The van der Waals surface area contributed by atoms with Crippen LogP contribution in [-0.2, 0) is 26.1 Å². The Balaban J connectivity index is 1.83. The van der Waals surface area contributed by atoms with Gasteiger partial charge in [0.2, 0.25) is 5.91 Å². The van der Waals surface area contributed by atoms with Gasteiger partial charge in [0.25, 0.3) is 5.91 Å². The van der Waals surface area contributed by atoms with Crippen molar-refractivity contribution in [1.29, 1.82) is 0 Å². The first-order chi connectivity index (χ1) is 11.7. The first-order valence-electron chi connectivity index (χ1n) is 8.50. The van der Waals surface area contributed by atoms with Gasteiger partial charge in [-0.2, -0.15) is 5.10 Å². The lowest BCUT2D eigenvalue weighted by molar-refractivity contribution is -0.152. The van der Waals surface area contributed by atoms with E-state index < -0.39 is 11.0 Å². The molecule has 1 spiro atoms. The predicted molar refractivity (Wildman–Crippen MR) is 91.1 cm³/mol. The highest BCUT2D eigenvalue weighted by atomic mass is 16.6. The average Bonchev–Trinajstić information content (AvgIpc) is 2.87. The van der Waals surface area contributed by atoms with Crippen molar-refractivity contribution >= 4 is 17.5 Å². The highest BCUT2D eigenvalue weighted by Gasteiger charge is 2.45. The zero-order chi connectivity index (χ0) is 18.2. The highest BCUT2D eigenvalue weighted by Crippen LogP contribution is 2.28. The molecule has 0 bridgehead atoms. The second-order valence-electron chi connectivity index (χ2n) is 7.85. The van der Waals surface area contributed by atoms with E-state index >= 15 is 0 Å². The van der Waals surface area contributed by atoms with Crippen LogP contribution >= 0.6 is 0 Å². The second-order valence-corrected chi connectivity index (χ2v) is 7.85. The molecule has 0 saturated carbocycles. The summed E-state index contributed by atoms with van der Waals surface area (Å²) in [5.74, 6) is -0.0534. The smallest absolute Gasteiger partial charge is 0.253 e. The Kier molecular flexibility index (Phi) is 4.59. The van der Waals surface area contributed by atoms with Crippen LogP contribution in [0.15, 0.2) is 12.4 Å². The van der Waals surface area contributed by atoms with E-state index in [9.17, 15) is 9.59 Å². The fourth-order valence-electron chi connectivity index (χ4n) is 3.23. The molecule has 2 amide bonds. The molecule has 0 aromatic carbocycles. The summed E-state index contributed by atoms with van der Waals surface area (Å²) in [6, 6.07) is 0. The van der Waals surface area contributed by atoms with Crippen LogP contribution in [-0.4, -0.2) is 71.6 Å². The molecule has 0 aliphatic carbocycles. The second kappa shape index (κ2) is 6.42. The zero-order valence-corrected chi connectivity index (χ0v) is 15.3. The molecule has 2 aliphatic rings. The Bertz CT molecular complexity index is 666. The number of aryl methyl sites for hydroxylation is 1. The van der Waals surface area contributed by atoms with E-state index in [2.05, 4.69) is 5.10 Å². The van der Waals surface area contributed by atoms with Crippen LogP contribution in [0, 0.1) is 5.41 Å². The van der Waals surface area contributed by atoms with Gasteiger partial charge in [-0.15, -0.1) is 0 Å². The molecule has 3 rings (SSSR count). The minimum absolute atomic E-state index is 0.0319. The maximum absolute atomic E-state index is 12.7. The Morgan fingerprint density at radius 3 is 2.72 bits per heavy atom. The number of aromatic nitrogens is 2. The molecule has 2 aliphatic heterocycles. The lowest BCUT2D eigenvalue weighted by atomic mass is 9.93. The summed E-state index contributed by atoms with van der Waals surface area (Å²) < 4.78 is 13.3. The van der Waals surface area contributed by atoms with Gasteiger partial charge in [0, 0.05) is 25.2 Å². The van der Waals surface area contributed by atoms with Crippen molar-refractivity contribution in [3.8, 4) is 0 Å². The Morgan fingerprint density at radius 2 is 2.08 bits per heavy atom. The molecule has 8 nitrogen and oxygen atoms in total. The molecule has 1 atom stereocenters. The molecule has 25 heavy (non-hydrogen) atoms. The fourth-order valence-corrected chi connectivity index (χ4v) is 3.23. The number of anilines is 1. The molecule has 0 radical (unpaired) electrons. The molecule has 1 aromatic rings. The standard InChI is InChI=1S/C17H26N4O4/c1-16(2,3)15(23)20-5-6-24-12-17(10-20)11-21(14(22)9-25-17)13-7-18-19(4)8-13/h7-8H,5-6,9-12H2,1-4H3. The molecule has 1 aromatic heterocycles. The highest BCUT2D eigenvalue weighted by molar-refractivity contribution is 5.95. The summed E-state index contributed by atoms with van der Waals surface area (Å²) in [6.07, 6.45) is 3.46. The van der Waals surface area contributed by atoms with Gasteiger partial charge in [0.1, 0.15) is 12.2 Å². The number of amides is 2. The summed E-state index contributed by atoms with van der Waals surface area (Å²) in [4.78, 5) is 28.5. The number of morpholine rings is 1. The van der Waals surface area contributed by atoms with Crippen LogP contribution in [0.25, 0.3) is 0 Å². The third kappa shape index (κ3) is 3.69. The van der Waals surface area contributed by atoms with Crippen LogP contribution in [0.2, 0.25) is 0 Å². The lowest BCUT2D eigenvalue weighted by Crippen LogP contribution is -2.61. The maximum Gasteiger partial charge on any atom is 0.253 e. The van der Waals surface area contributed by atoms with Crippen LogP contribution in [0.1, 0.15) is 20.8 Å². The van der Waals surface area contributed by atoms with E-state index in [1.165, 1.54) is 0 Å². The fraction of sp³-hybridized carbons (Fsp3) is 0.706. The number of carbonyl (C=O) groups excluding carboxylic acids is 2. The van der Waals surface area contributed by atoms with Gasteiger partial charge >= 0.3 is 0 Å². The quantitative estimate of drug-likeness (QED) is 0.734. The van der Waals surface area contributed by atoms with Crippen molar-refractivity contribution in [2.45, 2.75) is 26.4 Å². The van der Waals surface area contributed by atoms with Gasteiger partial charge in [-0.1, -0.05) is 20.8 Å². The van der Waals surface area contributed by atoms with Gasteiger partial charge in [-0.3, -0.25) is 14.3 Å². The first-order valence-corrected chi connectivity index (χ1v) is 8.50. The van der Waals surface area contributed by atoms with E-state index in [-0.39, 0.29) is 18.4 Å². The molecule has 1 unspecified atom stereocenters. The summed E-state index contributed by atoms with van der Waals surface area (Å²) in [5, 5.41) is 4.14. The predicted octanol–water partition coefficient (Wildman–Crippen LogP) is 0.427. The van der Waals surface area contributed by atoms with E-state index in [0.717, 1.165) is 5.69 Å². The summed E-state index contributed by atoms with van der Waals surface area (Å²) in [6.45, 7) is 7.78. The number of hydrogen-bond donors (Lipinski definition) is 0. The number of nitrogens with zero attached hydrogens (tertiary/aromatic N) is 4. The molecule has 8 heteroatoms. The summed E-state index contributed by atoms with van der Waals surface area (Å²) >= 11 is 0. The molecule has 3 heterocycles. The SMILES string of the molecule is Cn1cc(N2CC3(COCCN(C(=O)C(C)(C)C)C3)OCC2=O)cn1. The van der Waals surface area contributed by atoms with Gasteiger partial charge in [0.05, 0.1) is 38.2 Å². The normalized spacial score (nSPS) is 25.4. The molecule has 2 fully saturated rings. The third-order valence-corrected chi connectivity index (χ3v) is 4.53. The van der Waals surface area contributed by atoms with Gasteiger partial charge in [-0.05, 0) is 0 Å². The monoisotopic (exact) mass is 350 g/mol. The van der Waals surface area contributed by atoms with Gasteiger partial charge in [-0.25, -0.2) is 0 Å². The van der Waals surface area contributed by atoms with E-state index in [0.29, 0.717) is 32.8 Å². The summed E-state index contributed by atoms with van der Waals surface area (Å²) in [7, 11) is 1.81. The van der Waals surface area contributed by atoms with Crippen LogP contribution < -0.4 is 4.90 Å². The Labute approximate surface area is 147 Å². The van der Waals surface area contributed by atoms with Crippen LogP contribution in [0.5, 0.6) is 0 Å². The van der Waals surface area contributed by atoms with Crippen molar-refractivity contribution in [1.82, 2.24) is 14.7 Å². The number of carbonyl (C=O) groups is 2. The molecular formula is C17H26N4O4. The number of rotatable bonds is 1. The summed E-state index contributed by atoms with van der Waals surface area (Å²) in [5.41, 5.74) is -0.464. The van der Waals surface area contributed by atoms with E-state index in [1.54, 1.807) is 26.9 Å². The minimum Gasteiger partial charge on any atom is -0.376 e. The molecule has 2 saturated heterocycles. The Hall–Kier alpha value is -1.93. The van der Waals surface area contributed by atoms with Gasteiger partial charge in [0.15, 0.2) is 0 Å². The topological polar surface area (TPSA) is 76.9 Å². The first kappa shape index (κ1) is 17.9. The van der Waals surface area contributed by atoms with E-state index in [4.69, 9.17) is 9.47 Å². The molecule has 0 N–H and O–H groups in total. The Morgan fingerprint density at radius 1 is 1.32 bits per heavy atom. The number of ether oxygens (including phenoxy) is 2. The maximum atomic E-state index is 12.7. The molecular weight excluding hydrogens is 324 g/mol. The molecule has 138 valence electrons. The van der Waals surface area contributed by atoms with E-state index in [1.807, 2.05) is 27.8 Å². The third-order valence-electron chi connectivity index (χ3n) is 4.53. The van der Waals surface area contributed by atoms with Crippen molar-refractivity contribution < 1.29 is 19.1 Å². The zero-order valence-electron chi connectivity index (χ0n) is 15.3. The average molecular weight is 350 g/mol. The largest absolute Gasteiger partial charge is 0.376 e. The van der Waals surface area contributed by atoms with Gasteiger partial charge < -0.3 is 19.3 Å². The van der Waals surface area contributed by atoms with Crippen molar-refractivity contribution in [2.24, 2.45) is 12.5 Å². The number of hydrogen-bond acceptors (Lipinski definition) is 5. The lowest BCUT2D eigenvalue weighted by Gasteiger charge is -2.43. The van der Waals surface area contributed by atoms with Crippen molar-refractivity contribution in [2.75, 3.05) is 44.4 Å².